The third kappa shape index (κ3) is 5.07. The smallest absolute Gasteiger partial charge is 0.311 e. The molecule has 1 aliphatic heterocycles. The first-order valence-electron chi connectivity index (χ1n) is 6.82. The Morgan fingerprint density at radius 1 is 1.29 bits per heavy atom. The molecule has 0 aromatic rings. The van der Waals surface area contributed by atoms with Crippen molar-refractivity contribution in [1.82, 2.24) is 0 Å². The van der Waals surface area contributed by atoms with Crippen molar-refractivity contribution in [2.45, 2.75) is 59.7 Å². The van der Waals surface area contributed by atoms with E-state index in [9.17, 15) is 4.79 Å². The van der Waals surface area contributed by atoms with E-state index in [1.165, 1.54) is 0 Å². The normalized spacial score (nSPS) is 22.8. The molecule has 0 bridgehead atoms. The van der Waals surface area contributed by atoms with Gasteiger partial charge in [-0.1, -0.05) is 27.7 Å². The molecule has 17 heavy (non-hydrogen) atoms. The Labute approximate surface area is 105 Å². The Bertz CT molecular complexity index is 230. The zero-order chi connectivity index (χ0) is 12.8. The van der Waals surface area contributed by atoms with Crippen LogP contribution in [0.3, 0.4) is 0 Å². The molecule has 3 heteroatoms. The summed E-state index contributed by atoms with van der Waals surface area (Å²) >= 11 is 0. The topological polar surface area (TPSA) is 35.5 Å². The van der Waals surface area contributed by atoms with Gasteiger partial charge in [-0.25, -0.2) is 0 Å². The number of hydrogen-bond donors (Lipinski definition) is 0. The molecule has 0 aromatic carbocycles. The van der Waals surface area contributed by atoms with Crippen molar-refractivity contribution in [3.63, 3.8) is 0 Å². The van der Waals surface area contributed by atoms with Crippen molar-refractivity contribution >= 4 is 5.97 Å². The van der Waals surface area contributed by atoms with Gasteiger partial charge in [0.25, 0.3) is 0 Å². The molecule has 1 heterocycles. The summed E-state index contributed by atoms with van der Waals surface area (Å²) in [5.74, 6) is 0.761. The SMILES string of the molecule is CC(C)CC(C(=O)OC1CCCCO1)C(C)C. The zero-order valence-corrected chi connectivity index (χ0v) is 11.6. The van der Waals surface area contributed by atoms with E-state index in [0.717, 1.165) is 25.7 Å². The van der Waals surface area contributed by atoms with Crippen LogP contribution in [-0.2, 0) is 14.3 Å². The Morgan fingerprint density at radius 3 is 2.47 bits per heavy atom. The Balaban J connectivity index is 2.46. The van der Waals surface area contributed by atoms with Crippen molar-refractivity contribution in [2.75, 3.05) is 6.61 Å². The highest BCUT2D eigenvalue weighted by molar-refractivity contribution is 5.72. The first-order valence-corrected chi connectivity index (χ1v) is 6.82. The van der Waals surface area contributed by atoms with Crippen LogP contribution in [0.15, 0.2) is 0 Å². The van der Waals surface area contributed by atoms with Crippen LogP contribution in [0.1, 0.15) is 53.4 Å². The predicted molar refractivity (Wildman–Crippen MR) is 67.5 cm³/mol. The molecule has 3 nitrogen and oxygen atoms in total. The van der Waals surface area contributed by atoms with Crippen molar-refractivity contribution in [3.05, 3.63) is 0 Å². The van der Waals surface area contributed by atoms with Crippen molar-refractivity contribution in [3.8, 4) is 0 Å². The van der Waals surface area contributed by atoms with Crippen LogP contribution >= 0.6 is 0 Å². The third-order valence-electron chi connectivity index (χ3n) is 3.22. The summed E-state index contributed by atoms with van der Waals surface area (Å²) in [5, 5.41) is 0. The van der Waals surface area contributed by atoms with E-state index < -0.39 is 0 Å². The lowest BCUT2D eigenvalue weighted by atomic mass is 9.88. The first-order chi connectivity index (χ1) is 8.00. The van der Waals surface area contributed by atoms with E-state index >= 15 is 0 Å². The summed E-state index contributed by atoms with van der Waals surface area (Å²) in [4.78, 5) is 12.1. The van der Waals surface area contributed by atoms with Gasteiger partial charge in [-0.15, -0.1) is 0 Å². The summed E-state index contributed by atoms with van der Waals surface area (Å²) in [6, 6.07) is 0. The van der Waals surface area contributed by atoms with Crippen LogP contribution in [0.2, 0.25) is 0 Å². The van der Waals surface area contributed by atoms with Gasteiger partial charge in [-0.05, 0) is 31.1 Å². The molecule has 1 rings (SSSR count). The van der Waals surface area contributed by atoms with E-state index in [2.05, 4.69) is 27.7 Å². The molecular formula is C14H26O3. The molecule has 0 spiro atoms. The minimum atomic E-state index is -0.301. The van der Waals surface area contributed by atoms with Gasteiger partial charge < -0.3 is 9.47 Å². The maximum atomic E-state index is 12.1. The quantitative estimate of drug-likeness (QED) is 0.693. The second-order valence-electron chi connectivity index (χ2n) is 5.71. The molecule has 0 aromatic heterocycles. The molecule has 0 amide bonds. The van der Waals surface area contributed by atoms with Crippen molar-refractivity contribution < 1.29 is 14.3 Å². The van der Waals surface area contributed by atoms with Crippen molar-refractivity contribution in [1.29, 1.82) is 0 Å². The minimum Gasteiger partial charge on any atom is -0.436 e. The van der Waals surface area contributed by atoms with E-state index in [0.29, 0.717) is 18.4 Å². The van der Waals surface area contributed by atoms with E-state index in [4.69, 9.17) is 9.47 Å². The highest BCUT2D eigenvalue weighted by Gasteiger charge is 2.28. The van der Waals surface area contributed by atoms with Gasteiger partial charge in [0.1, 0.15) is 0 Å². The lowest BCUT2D eigenvalue weighted by molar-refractivity contribution is -0.193. The fourth-order valence-corrected chi connectivity index (χ4v) is 2.17. The van der Waals surface area contributed by atoms with Gasteiger partial charge >= 0.3 is 5.97 Å². The lowest BCUT2D eigenvalue weighted by Gasteiger charge is -2.27. The number of carbonyl (C=O) groups excluding carboxylic acids is 1. The second-order valence-corrected chi connectivity index (χ2v) is 5.71. The van der Waals surface area contributed by atoms with Gasteiger partial charge in [-0.3, -0.25) is 4.79 Å². The standard InChI is InChI=1S/C14H26O3/c1-10(2)9-12(11(3)4)14(15)17-13-7-5-6-8-16-13/h10-13H,5-9H2,1-4H3. The fraction of sp³-hybridized carbons (Fsp3) is 0.929. The first kappa shape index (κ1) is 14.5. The van der Waals surface area contributed by atoms with Crippen LogP contribution in [-0.4, -0.2) is 18.9 Å². The van der Waals surface area contributed by atoms with E-state index in [-0.39, 0.29) is 18.2 Å². The summed E-state index contributed by atoms with van der Waals surface area (Å²) in [5.41, 5.74) is 0. The maximum absolute atomic E-state index is 12.1. The summed E-state index contributed by atoms with van der Waals surface area (Å²) in [7, 11) is 0. The summed E-state index contributed by atoms with van der Waals surface area (Å²) in [6.07, 6.45) is 3.61. The van der Waals surface area contributed by atoms with Crippen LogP contribution in [0.5, 0.6) is 0 Å². The second kappa shape index (κ2) is 7.00. The van der Waals surface area contributed by atoms with Crippen LogP contribution in [0, 0.1) is 17.8 Å². The number of ether oxygens (including phenoxy) is 2. The molecule has 100 valence electrons. The molecule has 2 atom stereocenters. The minimum absolute atomic E-state index is 0.000488. The van der Waals surface area contributed by atoms with Crippen LogP contribution < -0.4 is 0 Å². The number of hydrogen-bond acceptors (Lipinski definition) is 3. The molecule has 2 unspecified atom stereocenters. The molecule has 0 saturated carbocycles. The van der Waals surface area contributed by atoms with Gasteiger partial charge in [0.05, 0.1) is 12.5 Å². The number of rotatable bonds is 5. The zero-order valence-electron chi connectivity index (χ0n) is 11.6. The highest BCUT2D eigenvalue weighted by Crippen LogP contribution is 2.24. The summed E-state index contributed by atoms with van der Waals surface area (Å²) in [6.45, 7) is 9.15. The average molecular weight is 242 g/mol. The molecular weight excluding hydrogens is 216 g/mol. The molecule has 1 fully saturated rings. The number of carbonyl (C=O) groups is 1. The molecule has 0 radical (unpaired) electrons. The van der Waals surface area contributed by atoms with E-state index in [1.54, 1.807) is 0 Å². The third-order valence-corrected chi connectivity index (χ3v) is 3.22. The Kier molecular flexibility index (Phi) is 5.96. The van der Waals surface area contributed by atoms with E-state index in [1.807, 2.05) is 0 Å². The van der Waals surface area contributed by atoms with Gasteiger partial charge in [0.15, 0.2) is 0 Å². The summed E-state index contributed by atoms with van der Waals surface area (Å²) < 4.78 is 10.9. The van der Waals surface area contributed by atoms with Gasteiger partial charge in [-0.2, -0.15) is 0 Å². The van der Waals surface area contributed by atoms with Gasteiger partial charge in [0.2, 0.25) is 6.29 Å². The van der Waals surface area contributed by atoms with Crippen LogP contribution in [0.25, 0.3) is 0 Å². The number of esters is 1. The van der Waals surface area contributed by atoms with Gasteiger partial charge in [0, 0.05) is 6.42 Å². The maximum Gasteiger partial charge on any atom is 0.311 e. The molecule has 0 aliphatic carbocycles. The highest BCUT2D eigenvalue weighted by atomic mass is 16.7. The molecule has 1 saturated heterocycles. The molecule has 1 aliphatic rings. The Hall–Kier alpha value is -0.570. The monoisotopic (exact) mass is 242 g/mol. The van der Waals surface area contributed by atoms with Crippen LogP contribution in [0.4, 0.5) is 0 Å². The predicted octanol–water partition coefficient (Wildman–Crippen LogP) is 3.37. The molecule has 0 N–H and O–H groups in total. The average Bonchev–Trinajstić information content (AvgIpc) is 2.26. The fourth-order valence-electron chi connectivity index (χ4n) is 2.17. The Morgan fingerprint density at radius 2 is 2.00 bits per heavy atom. The van der Waals surface area contributed by atoms with Crippen molar-refractivity contribution in [2.24, 2.45) is 17.8 Å². The largest absolute Gasteiger partial charge is 0.436 e. The lowest BCUT2D eigenvalue weighted by Crippen LogP contribution is -2.31.